The van der Waals surface area contributed by atoms with Gasteiger partial charge in [-0.2, -0.15) is 0 Å². The van der Waals surface area contributed by atoms with Gasteiger partial charge in [-0.15, -0.1) is 0 Å². The molecule has 0 fully saturated rings. The van der Waals surface area contributed by atoms with Crippen LogP contribution in [0.5, 0.6) is 0 Å². The third-order valence-electron chi connectivity index (χ3n) is 9.48. The Morgan fingerprint density at radius 3 is 1.31 bits per heavy atom. The maximum atomic E-state index is 12.4. The highest BCUT2D eigenvalue weighted by Gasteiger charge is 2.22. The van der Waals surface area contributed by atoms with Crippen LogP contribution in [0.25, 0.3) is 0 Å². The summed E-state index contributed by atoms with van der Waals surface area (Å²) in [5.74, 6) is -0.510. The first-order chi connectivity index (χ1) is 23.6. The second-order valence-corrected chi connectivity index (χ2v) is 14.2. The number of amides is 1. The van der Waals surface area contributed by atoms with Gasteiger partial charge in [0.2, 0.25) is 5.91 Å². The lowest BCUT2D eigenvalue weighted by molar-refractivity contribution is -0.131. The van der Waals surface area contributed by atoms with Crippen molar-refractivity contribution in [3.8, 4) is 0 Å². The smallest absolute Gasteiger partial charge is 0.249 e. The van der Waals surface area contributed by atoms with E-state index in [4.69, 9.17) is 0 Å². The number of aliphatic hydroxyl groups is 3. The van der Waals surface area contributed by atoms with Gasteiger partial charge in [0.25, 0.3) is 0 Å². The Morgan fingerprint density at radius 1 is 0.521 bits per heavy atom. The number of hydrogen-bond acceptors (Lipinski definition) is 4. The number of carbonyl (C=O) groups is 1. The second kappa shape index (κ2) is 38.4. The van der Waals surface area contributed by atoms with Crippen molar-refractivity contribution in [2.45, 2.75) is 225 Å². The fourth-order valence-corrected chi connectivity index (χ4v) is 6.15. The lowest BCUT2D eigenvalue weighted by Gasteiger charge is -2.21. The van der Waals surface area contributed by atoms with Crippen LogP contribution >= 0.6 is 0 Å². The molecule has 5 heteroatoms. The predicted octanol–water partition coefficient (Wildman–Crippen LogP) is 11.6. The van der Waals surface area contributed by atoms with E-state index in [0.717, 1.165) is 38.5 Å². The van der Waals surface area contributed by atoms with Gasteiger partial charge < -0.3 is 20.6 Å². The molecule has 3 atom stereocenters. The Labute approximate surface area is 298 Å². The highest BCUT2D eigenvalue weighted by Crippen LogP contribution is 2.14. The molecule has 0 aromatic rings. The summed E-state index contributed by atoms with van der Waals surface area (Å²) in [4.78, 5) is 12.4. The standard InChI is InChI=1S/C43H81NO4/c1-3-5-7-9-11-13-15-16-17-18-19-20-21-22-23-24-25-26-27-28-30-32-34-36-38-42(47)43(48)44-40(39-45)41(46)37-35-33-31-29-14-12-10-8-6-4-2/h19-20,22-23,35,37,40-42,45-47H,3-18,21,24-34,36,38-39H2,1-2H3,(H,44,48)/b20-19-,23-22-,37-35+. The van der Waals surface area contributed by atoms with Crippen LogP contribution in [0, 0.1) is 0 Å². The SMILES string of the molecule is CCCCCCCCCC/C=C/C(O)C(CO)NC(=O)C(O)CCCCCCCCCC/C=C\C/C=C\CCCCCCCCCCC. The number of nitrogens with one attached hydrogen (secondary N) is 1. The van der Waals surface area contributed by atoms with E-state index in [9.17, 15) is 20.1 Å². The topological polar surface area (TPSA) is 89.8 Å². The van der Waals surface area contributed by atoms with Gasteiger partial charge in [-0.25, -0.2) is 0 Å². The van der Waals surface area contributed by atoms with E-state index < -0.39 is 24.2 Å². The van der Waals surface area contributed by atoms with Gasteiger partial charge >= 0.3 is 0 Å². The molecule has 0 aromatic carbocycles. The van der Waals surface area contributed by atoms with Crippen LogP contribution in [0.1, 0.15) is 206 Å². The Bertz CT molecular complexity index is 749. The molecule has 4 N–H and O–H groups in total. The number of aliphatic hydroxyl groups excluding tert-OH is 3. The third kappa shape index (κ3) is 33.1. The van der Waals surface area contributed by atoms with Gasteiger partial charge in [0.1, 0.15) is 6.10 Å². The highest BCUT2D eigenvalue weighted by molar-refractivity contribution is 5.80. The molecule has 0 radical (unpaired) electrons. The van der Waals surface area contributed by atoms with Gasteiger partial charge in [-0.05, 0) is 51.4 Å². The molecule has 0 aliphatic carbocycles. The summed E-state index contributed by atoms with van der Waals surface area (Å²) in [6.45, 7) is 4.15. The number of carbonyl (C=O) groups excluding carboxylic acids is 1. The van der Waals surface area contributed by atoms with E-state index in [-0.39, 0.29) is 6.61 Å². The molecular weight excluding hydrogens is 594 g/mol. The molecule has 0 rings (SSSR count). The molecule has 0 saturated heterocycles. The van der Waals surface area contributed by atoms with Gasteiger partial charge in [-0.3, -0.25) is 4.79 Å². The zero-order chi connectivity index (χ0) is 35.2. The minimum absolute atomic E-state index is 0.366. The van der Waals surface area contributed by atoms with Gasteiger partial charge in [0.15, 0.2) is 0 Å². The lowest BCUT2D eigenvalue weighted by Crippen LogP contribution is -2.48. The van der Waals surface area contributed by atoms with Gasteiger partial charge in [0.05, 0.1) is 18.8 Å². The Kier molecular flexibility index (Phi) is 37.2. The molecule has 48 heavy (non-hydrogen) atoms. The largest absolute Gasteiger partial charge is 0.394 e. The molecule has 0 saturated carbocycles. The average Bonchev–Trinajstić information content (AvgIpc) is 3.09. The second-order valence-electron chi connectivity index (χ2n) is 14.2. The summed E-state index contributed by atoms with van der Waals surface area (Å²) in [5.41, 5.74) is 0. The number of hydrogen-bond donors (Lipinski definition) is 4. The molecule has 0 aromatic heterocycles. The molecule has 0 spiro atoms. The average molecular weight is 676 g/mol. The lowest BCUT2D eigenvalue weighted by atomic mass is 10.0. The zero-order valence-electron chi connectivity index (χ0n) is 31.9. The van der Waals surface area contributed by atoms with Crippen molar-refractivity contribution >= 4 is 5.91 Å². The normalized spacial score (nSPS) is 14.0. The summed E-state index contributed by atoms with van der Waals surface area (Å²) in [6.07, 6.45) is 47.5. The summed E-state index contributed by atoms with van der Waals surface area (Å²) >= 11 is 0. The van der Waals surface area contributed by atoms with Crippen LogP contribution in [-0.4, -0.2) is 46.1 Å². The summed E-state index contributed by atoms with van der Waals surface area (Å²) in [7, 11) is 0. The molecule has 5 nitrogen and oxygen atoms in total. The Morgan fingerprint density at radius 2 is 0.896 bits per heavy atom. The van der Waals surface area contributed by atoms with Crippen molar-refractivity contribution in [3.05, 3.63) is 36.5 Å². The van der Waals surface area contributed by atoms with Crippen LogP contribution in [0.15, 0.2) is 36.5 Å². The van der Waals surface area contributed by atoms with E-state index in [1.165, 1.54) is 148 Å². The third-order valence-corrected chi connectivity index (χ3v) is 9.48. The summed E-state index contributed by atoms with van der Waals surface area (Å²) in [6, 6.07) is -0.798. The number of rotatable bonds is 37. The van der Waals surface area contributed by atoms with E-state index >= 15 is 0 Å². The van der Waals surface area contributed by atoms with Gasteiger partial charge in [0, 0.05) is 0 Å². The van der Waals surface area contributed by atoms with Crippen molar-refractivity contribution in [1.29, 1.82) is 0 Å². The first-order valence-electron chi connectivity index (χ1n) is 20.8. The van der Waals surface area contributed by atoms with E-state index in [1.807, 2.05) is 6.08 Å². The highest BCUT2D eigenvalue weighted by atomic mass is 16.3. The van der Waals surface area contributed by atoms with E-state index in [0.29, 0.717) is 6.42 Å². The van der Waals surface area contributed by atoms with Crippen molar-refractivity contribution in [2.24, 2.45) is 0 Å². The maximum absolute atomic E-state index is 12.4. The molecule has 1 amide bonds. The molecule has 0 aliphatic rings. The van der Waals surface area contributed by atoms with Crippen molar-refractivity contribution in [1.82, 2.24) is 5.32 Å². The van der Waals surface area contributed by atoms with Crippen molar-refractivity contribution in [2.75, 3.05) is 6.61 Å². The van der Waals surface area contributed by atoms with Crippen LogP contribution in [-0.2, 0) is 4.79 Å². The molecular formula is C43H81NO4. The Hall–Kier alpha value is -1.43. The van der Waals surface area contributed by atoms with Crippen molar-refractivity contribution < 1.29 is 20.1 Å². The minimum Gasteiger partial charge on any atom is -0.394 e. The molecule has 282 valence electrons. The van der Waals surface area contributed by atoms with Crippen LogP contribution < -0.4 is 5.32 Å². The monoisotopic (exact) mass is 676 g/mol. The maximum Gasteiger partial charge on any atom is 0.249 e. The first-order valence-corrected chi connectivity index (χ1v) is 20.8. The molecule has 0 heterocycles. The van der Waals surface area contributed by atoms with Crippen LogP contribution in [0.2, 0.25) is 0 Å². The van der Waals surface area contributed by atoms with Crippen molar-refractivity contribution in [3.63, 3.8) is 0 Å². The van der Waals surface area contributed by atoms with Gasteiger partial charge in [-0.1, -0.05) is 192 Å². The first kappa shape index (κ1) is 46.6. The zero-order valence-corrected chi connectivity index (χ0v) is 31.9. The Balaban J connectivity index is 3.65. The fourth-order valence-electron chi connectivity index (χ4n) is 6.15. The minimum atomic E-state index is -1.10. The summed E-state index contributed by atoms with van der Waals surface area (Å²) in [5, 5.41) is 33.0. The van der Waals surface area contributed by atoms with E-state index in [2.05, 4.69) is 43.5 Å². The molecule has 3 unspecified atom stereocenters. The quantitative estimate of drug-likeness (QED) is 0.0390. The van der Waals surface area contributed by atoms with Crippen LogP contribution in [0.3, 0.4) is 0 Å². The fraction of sp³-hybridized carbons (Fsp3) is 0.837. The molecule has 0 aliphatic heterocycles. The number of allylic oxidation sites excluding steroid dienone is 5. The number of unbranched alkanes of at least 4 members (excludes halogenated alkanes) is 25. The summed E-state index contributed by atoms with van der Waals surface area (Å²) < 4.78 is 0. The van der Waals surface area contributed by atoms with E-state index in [1.54, 1.807) is 6.08 Å². The van der Waals surface area contributed by atoms with Crippen LogP contribution in [0.4, 0.5) is 0 Å². The predicted molar refractivity (Wildman–Crippen MR) is 208 cm³/mol. The molecule has 0 bridgehead atoms.